The minimum atomic E-state index is -0.631. The van der Waals surface area contributed by atoms with Gasteiger partial charge < -0.3 is 19.7 Å². The Morgan fingerprint density at radius 3 is 2.16 bits per heavy atom. The van der Waals surface area contributed by atoms with E-state index in [9.17, 15) is 14.4 Å². The summed E-state index contributed by atoms with van der Waals surface area (Å²) in [5.74, 6) is -0.711. The Morgan fingerprint density at radius 2 is 1.51 bits per heavy atom. The van der Waals surface area contributed by atoms with Gasteiger partial charge in [0.2, 0.25) is 0 Å². The lowest BCUT2D eigenvalue weighted by molar-refractivity contribution is 0.0599. The van der Waals surface area contributed by atoms with E-state index in [0.717, 1.165) is 40.9 Å². The van der Waals surface area contributed by atoms with Gasteiger partial charge in [0.15, 0.2) is 0 Å². The van der Waals surface area contributed by atoms with Crippen molar-refractivity contribution >= 4 is 45.9 Å². The van der Waals surface area contributed by atoms with Crippen molar-refractivity contribution in [1.29, 1.82) is 0 Å². The van der Waals surface area contributed by atoms with E-state index < -0.39 is 11.9 Å². The molecule has 0 aliphatic carbocycles. The Kier molecular flexibility index (Phi) is 6.31. The first kappa shape index (κ1) is 24.0. The smallest absolute Gasteiger partial charge is 0.337 e. The third kappa shape index (κ3) is 4.73. The van der Waals surface area contributed by atoms with Gasteiger partial charge in [-0.25, -0.2) is 14.6 Å². The summed E-state index contributed by atoms with van der Waals surface area (Å²) in [7, 11) is 2.48. The number of anilines is 3. The van der Waals surface area contributed by atoms with Crippen LogP contribution < -0.4 is 10.2 Å². The summed E-state index contributed by atoms with van der Waals surface area (Å²) in [5, 5.41) is 3.88. The number of amides is 1. The van der Waals surface area contributed by atoms with Crippen LogP contribution in [0.2, 0.25) is 0 Å². The summed E-state index contributed by atoms with van der Waals surface area (Å²) >= 11 is 0. The van der Waals surface area contributed by atoms with Gasteiger partial charge in [0.1, 0.15) is 5.82 Å². The molecule has 4 aromatic rings. The standard InChI is InChI=1S/C29H25N3O5/c1-17-4-5-19-13-20-10-11-32(26(20)31-25(19)12-17)24-8-6-18(7-9-24)27(33)30-23-15-21(28(34)36-2)14-22(16-23)29(35)37-3/h4-9,12-16H,10-11H2,1-3H3,(H,30,33). The van der Waals surface area contributed by atoms with Gasteiger partial charge in [-0.2, -0.15) is 0 Å². The molecule has 2 heterocycles. The lowest BCUT2D eigenvalue weighted by atomic mass is 10.1. The van der Waals surface area contributed by atoms with Crippen LogP contribution in [0.15, 0.2) is 66.7 Å². The van der Waals surface area contributed by atoms with Gasteiger partial charge >= 0.3 is 11.9 Å². The number of aryl methyl sites for hydroxylation is 1. The van der Waals surface area contributed by atoms with E-state index in [1.54, 1.807) is 12.1 Å². The van der Waals surface area contributed by atoms with Crippen LogP contribution in [-0.4, -0.2) is 43.6 Å². The van der Waals surface area contributed by atoms with Crippen LogP contribution in [0.25, 0.3) is 10.9 Å². The molecule has 37 heavy (non-hydrogen) atoms. The SMILES string of the molecule is COC(=O)c1cc(NC(=O)c2ccc(N3CCc4cc5ccc(C)cc5nc43)cc2)cc(C(=O)OC)c1. The summed E-state index contributed by atoms with van der Waals surface area (Å²) in [5.41, 5.74) is 5.21. The number of hydrogen-bond acceptors (Lipinski definition) is 7. The molecular formula is C29H25N3O5. The van der Waals surface area contributed by atoms with Gasteiger partial charge in [-0.1, -0.05) is 12.1 Å². The Hall–Kier alpha value is -4.72. The first-order valence-corrected chi connectivity index (χ1v) is 11.8. The number of ether oxygens (including phenoxy) is 2. The lowest BCUT2D eigenvalue weighted by Crippen LogP contribution is -2.16. The van der Waals surface area contributed by atoms with E-state index in [0.29, 0.717) is 5.56 Å². The normalized spacial score (nSPS) is 12.2. The minimum Gasteiger partial charge on any atom is -0.465 e. The highest BCUT2D eigenvalue weighted by molar-refractivity contribution is 6.06. The first-order chi connectivity index (χ1) is 17.9. The molecule has 186 valence electrons. The molecule has 0 unspecified atom stereocenters. The largest absolute Gasteiger partial charge is 0.465 e. The third-order valence-corrected chi connectivity index (χ3v) is 6.36. The number of carbonyl (C=O) groups excluding carboxylic acids is 3. The van der Waals surface area contributed by atoms with Crippen molar-refractivity contribution in [3.63, 3.8) is 0 Å². The van der Waals surface area contributed by atoms with Gasteiger partial charge in [0, 0.05) is 28.9 Å². The monoisotopic (exact) mass is 495 g/mol. The second kappa shape index (κ2) is 9.73. The van der Waals surface area contributed by atoms with Crippen LogP contribution in [0.4, 0.5) is 17.2 Å². The van der Waals surface area contributed by atoms with E-state index in [4.69, 9.17) is 14.5 Å². The van der Waals surface area contributed by atoms with Crippen molar-refractivity contribution in [2.24, 2.45) is 0 Å². The highest BCUT2D eigenvalue weighted by Crippen LogP contribution is 2.35. The van der Waals surface area contributed by atoms with Crippen LogP contribution in [0.5, 0.6) is 0 Å². The molecule has 1 aliphatic heterocycles. The molecule has 8 nitrogen and oxygen atoms in total. The predicted octanol–water partition coefficient (Wildman–Crippen LogP) is 5.06. The summed E-state index contributed by atoms with van der Waals surface area (Å²) in [6.45, 7) is 2.86. The Morgan fingerprint density at radius 1 is 0.838 bits per heavy atom. The van der Waals surface area contributed by atoms with Crippen molar-refractivity contribution in [2.75, 3.05) is 31.0 Å². The molecule has 0 atom stereocenters. The van der Waals surface area contributed by atoms with Gasteiger partial charge in [0.05, 0.1) is 30.9 Å². The fraction of sp³-hybridized carbons (Fsp3) is 0.172. The van der Waals surface area contributed by atoms with Crippen molar-refractivity contribution in [1.82, 2.24) is 4.98 Å². The minimum absolute atomic E-state index is 0.124. The van der Waals surface area contributed by atoms with Crippen molar-refractivity contribution in [3.8, 4) is 0 Å². The van der Waals surface area contributed by atoms with Crippen molar-refractivity contribution < 1.29 is 23.9 Å². The van der Waals surface area contributed by atoms with Crippen LogP contribution >= 0.6 is 0 Å². The number of methoxy groups -OCH3 is 2. The Bertz CT molecular complexity index is 1510. The highest BCUT2D eigenvalue weighted by Gasteiger charge is 2.23. The number of rotatable bonds is 5. The van der Waals surface area contributed by atoms with E-state index in [2.05, 4.69) is 41.4 Å². The zero-order chi connectivity index (χ0) is 26.1. The number of nitrogens with one attached hydrogen (secondary N) is 1. The molecule has 0 spiro atoms. The maximum atomic E-state index is 13.0. The van der Waals surface area contributed by atoms with E-state index in [1.165, 1.54) is 38.0 Å². The zero-order valence-electron chi connectivity index (χ0n) is 20.7. The predicted molar refractivity (Wildman–Crippen MR) is 141 cm³/mol. The Balaban J connectivity index is 1.38. The second-order valence-electron chi connectivity index (χ2n) is 8.85. The molecule has 0 fully saturated rings. The van der Waals surface area contributed by atoms with Gasteiger partial charge in [0.25, 0.3) is 5.91 Å². The quantitative estimate of drug-likeness (QED) is 0.386. The van der Waals surface area contributed by atoms with Gasteiger partial charge in [-0.05, 0) is 79.1 Å². The summed E-state index contributed by atoms with van der Waals surface area (Å²) in [6.07, 6.45) is 0.896. The number of pyridine rings is 1. The number of carbonyl (C=O) groups is 3. The molecule has 1 amide bonds. The van der Waals surface area contributed by atoms with E-state index in [-0.39, 0.29) is 22.7 Å². The topological polar surface area (TPSA) is 97.8 Å². The van der Waals surface area contributed by atoms with Crippen LogP contribution in [0, 0.1) is 6.92 Å². The van der Waals surface area contributed by atoms with Crippen molar-refractivity contribution in [2.45, 2.75) is 13.3 Å². The first-order valence-electron chi connectivity index (χ1n) is 11.8. The van der Waals surface area contributed by atoms with Crippen LogP contribution in [0.3, 0.4) is 0 Å². The fourth-order valence-corrected chi connectivity index (χ4v) is 4.49. The number of nitrogens with zero attached hydrogens (tertiary/aromatic N) is 2. The molecular weight excluding hydrogens is 470 g/mol. The molecule has 3 aromatic carbocycles. The lowest BCUT2D eigenvalue weighted by Gasteiger charge is -2.19. The van der Waals surface area contributed by atoms with Crippen LogP contribution in [-0.2, 0) is 15.9 Å². The molecule has 1 N–H and O–H groups in total. The molecule has 0 saturated carbocycles. The number of hydrogen-bond donors (Lipinski definition) is 1. The van der Waals surface area contributed by atoms with Gasteiger partial charge in [-0.15, -0.1) is 0 Å². The average Bonchev–Trinajstić information content (AvgIpc) is 3.33. The summed E-state index contributed by atoms with van der Waals surface area (Å²) < 4.78 is 9.50. The number of esters is 2. The number of benzene rings is 3. The molecule has 0 radical (unpaired) electrons. The molecule has 0 bridgehead atoms. The van der Waals surface area contributed by atoms with E-state index in [1.807, 2.05) is 12.1 Å². The maximum absolute atomic E-state index is 13.0. The fourth-order valence-electron chi connectivity index (χ4n) is 4.49. The molecule has 1 aromatic heterocycles. The second-order valence-corrected chi connectivity index (χ2v) is 8.85. The number of fused-ring (bicyclic) bond motifs is 2. The summed E-state index contributed by atoms with van der Waals surface area (Å²) in [6, 6.07) is 20.0. The molecule has 8 heteroatoms. The van der Waals surface area contributed by atoms with Gasteiger partial charge in [-0.3, -0.25) is 4.79 Å². The van der Waals surface area contributed by atoms with Crippen molar-refractivity contribution in [3.05, 3.63) is 94.5 Å². The van der Waals surface area contributed by atoms with Crippen LogP contribution in [0.1, 0.15) is 42.2 Å². The molecule has 1 aliphatic rings. The third-order valence-electron chi connectivity index (χ3n) is 6.36. The average molecular weight is 496 g/mol. The molecule has 5 rings (SSSR count). The summed E-state index contributed by atoms with van der Waals surface area (Å²) in [4.78, 5) is 44.1. The molecule has 0 saturated heterocycles. The van der Waals surface area contributed by atoms with E-state index >= 15 is 0 Å². The highest BCUT2D eigenvalue weighted by atomic mass is 16.5. The Labute approximate surface area is 213 Å². The maximum Gasteiger partial charge on any atom is 0.337 e. The number of aromatic nitrogens is 1. The zero-order valence-corrected chi connectivity index (χ0v) is 20.7.